The van der Waals surface area contributed by atoms with Crippen molar-refractivity contribution in [1.82, 2.24) is 4.98 Å². The summed E-state index contributed by atoms with van der Waals surface area (Å²) in [4.78, 5) is 5.98. The number of methoxy groups -OCH3 is 1. The first kappa shape index (κ1) is 12.9. The zero-order chi connectivity index (χ0) is 11.8. The third kappa shape index (κ3) is 3.44. The van der Waals surface area contributed by atoms with Gasteiger partial charge in [0.25, 0.3) is 0 Å². The topological polar surface area (TPSA) is 65.8 Å². The number of ether oxygens (including phenoxy) is 1. The number of anilines is 1. The molecule has 1 aromatic heterocycles. The van der Waals surface area contributed by atoms with Crippen molar-refractivity contribution in [3.8, 4) is 0 Å². The summed E-state index contributed by atoms with van der Waals surface area (Å²) in [7, 11) is 1.63. The molecule has 16 heavy (non-hydrogen) atoms. The van der Waals surface area contributed by atoms with Gasteiger partial charge in [-0.15, -0.1) is 0 Å². The number of hydrogen-bond donors (Lipinski definition) is 2. The molecule has 0 atom stereocenters. The molecule has 0 aliphatic heterocycles. The Kier molecular flexibility index (Phi) is 5.77. The maximum absolute atomic E-state index is 9.21. The highest BCUT2D eigenvalue weighted by Crippen LogP contribution is 2.18. The number of pyridine rings is 1. The minimum absolute atomic E-state index is 0.0350. The zero-order valence-electron chi connectivity index (χ0n) is 9.46. The molecule has 0 spiro atoms. The fraction of sp³-hybridized carbons (Fsp3) is 0.545. The van der Waals surface area contributed by atoms with Gasteiger partial charge in [0.1, 0.15) is 0 Å². The monoisotopic (exact) mass is 226 g/mol. The van der Waals surface area contributed by atoms with Crippen molar-refractivity contribution in [2.24, 2.45) is 0 Å². The van der Waals surface area contributed by atoms with Crippen molar-refractivity contribution in [1.29, 1.82) is 0 Å². The molecular formula is C11H18N2O3. The van der Waals surface area contributed by atoms with Gasteiger partial charge < -0.3 is 19.8 Å². The molecule has 0 saturated carbocycles. The number of aliphatic hydroxyl groups excluding tert-OH is 2. The second kappa shape index (κ2) is 7.16. The molecule has 1 aromatic rings. The van der Waals surface area contributed by atoms with Gasteiger partial charge in [-0.1, -0.05) is 0 Å². The summed E-state index contributed by atoms with van der Waals surface area (Å²) in [6.07, 6.45) is 3.33. The van der Waals surface area contributed by atoms with Gasteiger partial charge in [0.15, 0.2) is 0 Å². The quantitative estimate of drug-likeness (QED) is 0.686. The minimum Gasteiger partial charge on any atom is -0.395 e. The van der Waals surface area contributed by atoms with E-state index in [0.29, 0.717) is 19.7 Å². The Balaban J connectivity index is 2.81. The molecule has 0 bridgehead atoms. The maximum atomic E-state index is 9.21. The number of nitrogens with zero attached hydrogens (tertiary/aromatic N) is 2. The molecule has 0 radical (unpaired) electrons. The van der Waals surface area contributed by atoms with Crippen LogP contribution in [0.15, 0.2) is 18.5 Å². The van der Waals surface area contributed by atoms with Crippen LogP contribution in [0.5, 0.6) is 0 Å². The summed E-state index contributed by atoms with van der Waals surface area (Å²) >= 11 is 0. The number of aromatic nitrogens is 1. The number of rotatable bonds is 7. The van der Waals surface area contributed by atoms with Gasteiger partial charge in [0.05, 0.1) is 31.7 Å². The summed E-state index contributed by atoms with van der Waals surface area (Å²) in [6.45, 7) is 1.76. The molecule has 0 saturated heterocycles. The molecule has 0 amide bonds. The Labute approximate surface area is 95.3 Å². The van der Waals surface area contributed by atoms with E-state index in [1.54, 1.807) is 25.6 Å². The minimum atomic E-state index is -0.0350. The molecule has 5 heteroatoms. The average molecular weight is 226 g/mol. The van der Waals surface area contributed by atoms with Crippen LogP contribution in [0, 0.1) is 0 Å². The third-order valence-electron chi connectivity index (χ3n) is 2.33. The van der Waals surface area contributed by atoms with Gasteiger partial charge >= 0.3 is 0 Å². The molecule has 0 aliphatic rings. The van der Waals surface area contributed by atoms with Crippen LogP contribution in [0.2, 0.25) is 0 Å². The van der Waals surface area contributed by atoms with Gasteiger partial charge in [-0.3, -0.25) is 4.98 Å². The lowest BCUT2D eigenvalue weighted by Crippen LogP contribution is -2.31. The first-order valence-electron chi connectivity index (χ1n) is 5.22. The fourth-order valence-electron chi connectivity index (χ4n) is 1.51. The van der Waals surface area contributed by atoms with Crippen molar-refractivity contribution in [3.63, 3.8) is 0 Å². The first-order chi connectivity index (χ1) is 7.83. The van der Waals surface area contributed by atoms with Crippen molar-refractivity contribution in [3.05, 3.63) is 24.0 Å². The van der Waals surface area contributed by atoms with E-state index in [9.17, 15) is 5.11 Å². The standard InChI is InChI=1S/C11H18N2O3/c1-16-7-5-13(4-6-14)11-8-12-3-2-10(11)9-15/h2-3,8,14-15H,4-7,9H2,1H3. The zero-order valence-corrected chi connectivity index (χ0v) is 9.46. The number of hydrogen-bond acceptors (Lipinski definition) is 5. The van der Waals surface area contributed by atoms with Gasteiger partial charge in [0, 0.05) is 32.0 Å². The SMILES string of the molecule is COCCN(CCO)c1cnccc1CO. The van der Waals surface area contributed by atoms with Gasteiger partial charge in [-0.25, -0.2) is 0 Å². The fourth-order valence-corrected chi connectivity index (χ4v) is 1.51. The van der Waals surface area contributed by atoms with Crippen molar-refractivity contribution in [2.75, 3.05) is 38.3 Å². The van der Waals surface area contributed by atoms with Crippen molar-refractivity contribution >= 4 is 5.69 Å². The lowest BCUT2D eigenvalue weighted by atomic mass is 10.2. The second-order valence-electron chi connectivity index (χ2n) is 3.37. The summed E-state index contributed by atoms with van der Waals surface area (Å²) in [5, 5.41) is 18.2. The molecular weight excluding hydrogens is 208 g/mol. The molecule has 1 rings (SSSR count). The lowest BCUT2D eigenvalue weighted by Gasteiger charge is -2.25. The Bertz CT molecular complexity index is 307. The van der Waals surface area contributed by atoms with Crippen molar-refractivity contribution in [2.45, 2.75) is 6.61 Å². The van der Waals surface area contributed by atoms with Crippen LogP contribution >= 0.6 is 0 Å². The highest BCUT2D eigenvalue weighted by atomic mass is 16.5. The van der Waals surface area contributed by atoms with E-state index in [2.05, 4.69) is 4.98 Å². The molecule has 2 N–H and O–H groups in total. The molecule has 0 fully saturated rings. The van der Waals surface area contributed by atoms with E-state index in [4.69, 9.17) is 9.84 Å². The molecule has 5 nitrogen and oxygen atoms in total. The van der Waals surface area contributed by atoms with Crippen LogP contribution in [0.25, 0.3) is 0 Å². The predicted octanol–water partition coefficient (Wildman–Crippen LogP) is 0.0190. The van der Waals surface area contributed by atoms with Crippen LogP contribution in [0.4, 0.5) is 5.69 Å². The van der Waals surface area contributed by atoms with Gasteiger partial charge in [0.2, 0.25) is 0 Å². The summed E-state index contributed by atoms with van der Waals surface area (Å²) in [6, 6.07) is 1.77. The third-order valence-corrected chi connectivity index (χ3v) is 2.33. The van der Waals surface area contributed by atoms with E-state index in [-0.39, 0.29) is 13.2 Å². The molecule has 1 heterocycles. The highest BCUT2D eigenvalue weighted by molar-refractivity contribution is 5.51. The Morgan fingerprint density at radius 1 is 1.38 bits per heavy atom. The smallest absolute Gasteiger partial charge is 0.0703 e. The van der Waals surface area contributed by atoms with Gasteiger partial charge in [-0.05, 0) is 6.07 Å². The van der Waals surface area contributed by atoms with E-state index in [0.717, 1.165) is 11.3 Å². The first-order valence-corrected chi connectivity index (χ1v) is 5.22. The van der Waals surface area contributed by atoms with Crippen LogP contribution < -0.4 is 4.90 Å². The van der Waals surface area contributed by atoms with E-state index < -0.39 is 0 Å². The van der Waals surface area contributed by atoms with Crippen molar-refractivity contribution < 1.29 is 14.9 Å². The van der Waals surface area contributed by atoms with Crippen LogP contribution in [-0.2, 0) is 11.3 Å². The van der Waals surface area contributed by atoms with E-state index in [1.807, 2.05) is 4.90 Å². The van der Waals surface area contributed by atoms with Gasteiger partial charge in [-0.2, -0.15) is 0 Å². The summed E-state index contributed by atoms with van der Waals surface area (Å²) < 4.78 is 5.01. The largest absolute Gasteiger partial charge is 0.395 e. The molecule has 90 valence electrons. The summed E-state index contributed by atoms with van der Waals surface area (Å²) in [5.74, 6) is 0. The average Bonchev–Trinajstić information content (AvgIpc) is 2.34. The Morgan fingerprint density at radius 2 is 2.19 bits per heavy atom. The lowest BCUT2D eigenvalue weighted by molar-refractivity contribution is 0.202. The summed E-state index contributed by atoms with van der Waals surface area (Å²) in [5.41, 5.74) is 1.65. The predicted molar refractivity (Wildman–Crippen MR) is 61.3 cm³/mol. The van der Waals surface area contributed by atoms with Crippen LogP contribution in [0.1, 0.15) is 5.56 Å². The molecule has 0 aliphatic carbocycles. The van der Waals surface area contributed by atoms with E-state index in [1.165, 1.54) is 0 Å². The van der Waals surface area contributed by atoms with E-state index >= 15 is 0 Å². The maximum Gasteiger partial charge on any atom is 0.0703 e. The Hall–Kier alpha value is -1.17. The molecule has 0 aromatic carbocycles. The molecule has 0 unspecified atom stereocenters. The normalized spacial score (nSPS) is 10.4. The Morgan fingerprint density at radius 3 is 2.81 bits per heavy atom. The number of aliphatic hydroxyl groups is 2. The van der Waals surface area contributed by atoms with Crippen LogP contribution in [0.3, 0.4) is 0 Å². The highest BCUT2D eigenvalue weighted by Gasteiger charge is 2.10. The second-order valence-corrected chi connectivity index (χ2v) is 3.37. The van der Waals surface area contributed by atoms with Crippen LogP contribution in [-0.4, -0.2) is 48.6 Å².